The van der Waals surface area contributed by atoms with E-state index in [2.05, 4.69) is 13.0 Å². The summed E-state index contributed by atoms with van der Waals surface area (Å²) in [5.41, 5.74) is 2.28. The molecule has 1 aromatic rings. The van der Waals surface area contributed by atoms with Crippen LogP contribution in [-0.4, -0.2) is 35.0 Å². The molecule has 0 unspecified atom stereocenters. The van der Waals surface area contributed by atoms with Crippen molar-refractivity contribution in [1.29, 1.82) is 0 Å². The van der Waals surface area contributed by atoms with Crippen LogP contribution >= 0.6 is 0 Å². The lowest BCUT2D eigenvalue weighted by molar-refractivity contribution is -0.307. The van der Waals surface area contributed by atoms with E-state index in [4.69, 9.17) is 4.74 Å². The lowest BCUT2D eigenvalue weighted by atomic mass is 9.73. The van der Waals surface area contributed by atoms with Crippen molar-refractivity contribution in [3.8, 4) is 5.75 Å². The molecule has 156 valence electrons. The standard InChI is InChI=1S/C23H34O5/c1-2-3-4-7-17(24)9-10-18-19-11-15-6-5-8-22(28-14-23(26)27)20(15)12-16(19)13-21(18)25/h5-6,8,16-19,21,24-25H,2-4,7,9-14H2,1H3,(H,26,27)/p-1/t16-,17-,18+,19-,21+/m1/s1. The van der Waals surface area contributed by atoms with E-state index in [0.717, 1.165) is 63.4 Å². The minimum atomic E-state index is -1.22. The van der Waals surface area contributed by atoms with Gasteiger partial charge in [-0.1, -0.05) is 38.3 Å². The highest BCUT2D eigenvalue weighted by atomic mass is 16.5. The highest BCUT2D eigenvalue weighted by Crippen LogP contribution is 2.48. The molecule has 5 nitrogen and oxygen atoms in total. The second kappa shape index (κ2) is 9.75. The Labute approximate surface area is 167 Å². The zero-order chi connectivity index (χ0) is 20.1. The minimum absolute atomic E-state index is 0.228. The predicted octanol–water partition coefficient (Wildman–Crippen LogP) is 2.25. The normalized spacial score (nSPS) is 27.1. The van der Waals surface area contributed by atoms with Crippen LogP contribution in [0.1, 0.15) is 63.0 Å². The van der Waals surface area contributed by atoms with Crippen molar-refractivity contribution < 1.29 is 24.9 Å². The number of carboxylic acids is 1. The Hall–Kier alpha value is -1.59. The molecule has 0 aliphatic heterocycles. The van der Waals surface area contributed by atoms with Crippen LogP contribution in [0, 0.1) is 17.8 Å². The second-order valence-electron chi connectivity index (χ2n) is 8.58. The topological polar surface area (TPSA) is 89.8 Å². The molecule has 5 heteroatoms. The summed E-state index contributed by atoms with van der Waals surface area (Å²) in [5, 5.41) is 31.7. The number of hydrogen-bond acceptors (Lipinski definition) is 5. The molecule has 0 radical (unpaired) electrons. The van der Waals surface area contributed by atoms with Crippen molar-refractivity contribution in [2.45, 2.75) is 76.9 Å². The molecule has 28 heavy (non-hydrogen) atoms. The van der Waals surface area contributed by atoms with E-state index in [9.17, 15) is 20.1 Å². The van der Waals surface area contributed by atoms with Gasteiger partial charge in [0.2, 0.25) is 0 Å². The molecular formula is C23H33O5-. The Bertz CT molecular complexity index is 658. The van der Waals surface area contributed by atoms with E-state index in [1.54, 1.807) is 0 Å². The number of unbranched alkanes of at least 4 members (excludes halogenated alkanes) is 2. The van der Waals surface area contributed by atoms with Gasteiger partial charge in [0, 0.05) is 0 Å². The summed E-state index contributed by atoms with van der Waals surface area (Å²) in [7, 11) is 0. The van der Waals surface area contributed by atoms with Crippen LogP contribution in [0.4, 0.5) is 0 Å². The van der Waals surface area contributed by atoms with Gasteiger partial charge in [-0.25, -0.2) is 0 Å². The van der Waals surface area contributed by atoms with Gasteiger partial charge in [-0.15, -0.1) is 0 Å². The average Bonchev–Trinajstić information content (AvgIpc) is 2.97. The first-order valence-electron chi connectivity index (χ1n) is 10.8. The summed E-state index contributed by atoms with van der Waals surface area (Å²) in [6, 6.07) is 5.80. The van der Waals surface area contributed by atoms with Crippen LogP contribution < -0.4 is 9.84 Å². The molecule has 1 fully saturated rings. The van der Waals surface area contributed by atoms with Gasteiger partial charge in [0.25, 0.3) is 0 Å². The van der Waals surface area contributed by atoms with Gasteiger partial charge in [0.1, 0.15) is 12.4 Å². The molecule has 0 bridgehead atoms. The molecule has 0 aromatic heterocycles. The maximum atomic E-state index is 10.7. The SMILES string of the molecule is CCCCC[C@@H](O)CC[C@H]1[C@@H]2Cc3cccc(OCC(=O)[O-])c3C[C@@H]2C[C@@H]1O. The molecule has 2 aliphatic carbocycles. The predicted molar refractivity (Wildman–Crippen MR) is 105 cm³/mol. The molecule has 1 aromatic carbocycles. The van der Waals surface area contributed by atoms with E-state index in [0.29, 0.717) is 17.6 Å². The van der Waals surface area contributed by atoms with Crippen molar-refractivity contribution in [2.24, 2.45) is 17.8 Å². The largest absolute Gasteiger partial charge is 0.546 e. The third-order valence-corrected chi connectivity index (χ3v) is 6.67. The van der Waals surface area contributed by atoms with Crippen LogP contribution in [0.3, 0.4) is 0 Å². The number of carboxylic acid groups (broad SMARTS) is 1. The highest BCUT2D eigenvalue weighted by Gasteiger charge is 2.44. The molecule has 1 saturated carbocycles. The highest BCUT2D eigenvalue weighted by molar-refractivity contribution is 5.66. The monoisotopic (exact) mass is 389 g/mol. The maximum Gasteiger partial charge on any atom is 0.128 e. The van der Waals surface area contributed by atoms with Gasteiger partial charge >= 0.3 is 0 Å². The van der Waals surface area contributed by atoms with Gasteiger partial charge < -0.3 is 24.9 Å². The van der Waals surface area contributed by atoms with E-state index in [-0.39, 0.29) is 18.1 Å². The number of aliphatic hydroxyl groups excluding tert-OH is 2. The molecular weight excluding hydrogens is 356 g/mol. The summed E-state index contributed by atoms with van der Waals surface area (Å²) >= 11 is 0. The van der Waals surface area contributed by atoms with Gasteiger partial charge in [0.15, 0.2) is 0 Å². The van der Waals surface area contributed by atoms with Crippen LogP contribution in [0.25, 0.3) is 0 Å². The molecule has 0 spiro atoms. The zero-order valence-electron chi connectivity index (χ0n) is 16.8. The number of rotatable bonds is 10. The third kappa shape index (κ3) is 5.06. The van der Waals surface area contributed by atoms with Gasteiger partial charge in [-0.2, -0.15) is 0 Å². The zero-order valence-corrected chi connectivity index (χ0v) is 16.8. The van der Waals surface area contributed by atoms with Crippen molar-refractivity contribution >= 4 is 5.97 Å². The molecule has 0 amide bonds. The number of benzene rings is 1. The summed E-state index contributed by atoms with van der Waals surface area (Å²) in [6.07, 6.45) is 7.76. The summed E-state index contributed by atoms with van der Waals surface area (Å²) in [5.74, 6) is 0.440. The molecule has 5 atom stereocenters. The lowest BCUT2D eigenvalue weighted by Gasteiger charge is -2.32. The lowest BCUT2D eigenvalue weighted by Crippen LogP contribution is -2.30. The molecule has 0 saturated heterocycles. The first-order valence-corrected chi connectivity index (χ1v) is 10.8. The summed E-state index contributed by atoms with van der Waals surface area (Å²) < 4.78 is 5.44. The quantitative estimate of drug-likeness (QED) is 0.599. The number of fused-ring (bicyclic) bond motifs is 2. The molecule has 2 N–H and O–H groups in total. The molecule has 0 heterocycles. The molecule has 3 rings (SSSR count). The Morgan fingerprint density at radius 2 is 2.11 bits per heavy atom. The van der Waals surface area contributed by atoms with E-state index >= 15 is 0 Å². The fourth-order valence-corrected chi connectivity index (χ4v) is 5.24. The number of aliphatic hydroxyl groups is 2. The van der Waals surface area contributed by atoms with Crippen molar-refractivity contribution in [2.75, 3.05) is 6.61 Å². The minimum Gasteiger partial charge on any atom is -0.546 e. The van der Waals surface area contributed by atoms with Gasteiger partial charge in [-0.3, -0.25) is 0 Å². The van der Waals surface area contributed by atoms with E-state index < -0.39 is 12.6 Å². The summed E-state index contributed by atoms with van der Waals surface area (Å²) in [6.45, 7) is 1.73. The first-order chi connectivity index (χ1) is 13.5. The molecule has 2 aliphatic rings. The Morgan fingerprint density at radius 1 is 1.29 bits per heavy atom. The third-order valence-electron chi connectivity index (χ3n) is 6.67. The second-order valence-corrected chi connectivity index (χ2v) is 8.58. The van der Waals surface area contributed by atoms with Gasteiger partial charge in [0.05, 0.1) is 18.2 Å². The first kappa shape index (κ1) is 21.1. The van der Waals surface area contributed by atoms with Crippen molar-refractivity contribution in [3.05, 3.63) is 29.3 Å². The van der Waals surface area contributed by atoms with Crippen LogP contribution in [0.2, 0.25) is 0 Å². The number of carbonyl (C=O) groups is 1. The Morgan fingerprint density at radius 3 is 2.86 bits per heavy atom. The van der Waals surface area contributed by atoms with Crippen molar-refractivity contribution in [3.63, 3.8) is 0 Å². The number of ether oxygens (including phenoxy) is 1. The number of carbonyl (C=O) groups excluding carboxylic acids is 1. The number of aliphatic carboxylic acids is 1. The van der Waals surface area contributed by atoms with Crippen LogP contribution in [0.15, 0.2) is 18.2 Å². The van der Waals surface area contributed by atoms with Gasteiger partial charge in [-0.05, 0) is 73.5 Å². The Kier molecular flexibility index (Phi) is 7.36. The fraction of sp³-hybridized carbons (Fsp3) is 0.696. The average molecular weight is 390 g/mol. The van der Waals surface area contributed by atoms with Crippen molar-refractivity contribution in [1.82, 2.24) is 0 Å². The van der Waals surface area contributed by atoms with E-state index in [1.807, 2.05) is 12.1 Å². The van der Waals surface area contributed by atoms with E-state index in [1.165, 1.54) is 5.56 Å². The number of hydrogen-bond donors (Lipinski definition) is 2. The maximum absolute atomic E-state index is 10.7. The summed E-state index contributed by atoms with van der Waals surface area (Å²) in [4.78, 5) is 10.7. The fourth-order valence-electron chi connectivity index (χ4n) is 5.24. The Balaban J connectivity index is 1.62. The van der Waals surface area contributed by atoms with Crippen LogP contribution in [0.5, 0.6) is 5.75 Å². The smallest absolute Gasteiger partial charge is 0.128 e. The van der Waals surface area contributed by atoms with Crippen LogP contribution in [-0.2, 0) is 17.6 Å².